The molecule has 0 aliphatic heterocycles. The van der Waals surface area contributed by atoms with Crippen molar-refractivity contribution in [3.05, 3.63) is 146 Å². The Morgan fingerprint density at radius 3 is 1.31 bits per heavy atom. The van der Waals surface area contributed by atoms with Crippen LogP contribution in [0.2, 0.25) is 0 Å². The van der Waals surface area contributed by atoms with Crippen molar-refractivity contribution in [2.75, 3.05) is 0 Å². The minimum atomic E-state index is -0.744. The van der Waals surface area contributed by atoms with Crippen molar-refractivity contribution in [2.45, 2.75) is 13.8 Å². The highest BCUT2D eigenvalue weighted by molar-refractivity contribution is 5.91. The number of hydrogen-bond acceptors (Lipinski definition) is 8. The minimum Gasteiger partial charge on any atom is -0.423 e. The molecule has 0 heterocycles. The molecule has 0 fully saturated rings. The smallest absolute Gasteiger partial charge is 0.338 e. The second-order valence-electron chi connectivity index (χ2n) is 10.3. The third-order valence-electron chi connectivity index (χ3n) is 6.51. The highest BCUT2D eigenvalue weighted by Crippen LogP contribution is 2.41. The van der Waals surface area contributed by atoms with Crippen LogP contribution in [0.15, 0.2) is 135 Å². The summed E-state index contributed by atoms with van der Waals surface area (Å²) in [6, 6.07) is 23.9. The molecule has 48 heavy (non-hydrogen) atoms. The van der Waals surface area contributed by atoms with E-state index in [-0.39, 0.29) is 28.4 Å². The molecule has 0 saturated carbocycles. The second-order valence-corrected chi connectivity index (χ2v) is 10.3. The van der Waals surface area contributed by atoms with Gasteiger partial charge in [-0.2, -0.15) is 0 Å². The normalized spacial score (nSPS) is 9.96. The number of carbonyl (C=O) groups excluding carboxylic acids is 4. The van der Waals surface area contributed by atoms with E-state index in [0.29, 0.717) is 28.0 Å². The molecule has 0 unspecified atom stereocenters. The quantitative estimate of drug-likeness (QED) is 0.0758. The Bertz CT molecular complexity index is 1960. The lowest BCUT2D eigenvalue weighted by atomic mass is 10.0. The van der Waals surface area contributed by atoms with Crippen molar-refractivity contribution in [1.29, 1.82) is 0 Å². The summed E-state index contributed by atoms with van der Waals surface area (Å²) in [5, 5.41) is 0. The topological polar surface area (TPSA) is 105 Å². The summed E-state index contributed by atoms with van der Waals surface area (Å²) in [4.78, 5) is 48.4. The molecule has 0 amide bonds. The van der Waals surface area contributed by atoms with E-state index < -0.39 is 23.9 Å². The second kappa shape index (κ2) is 15.5. The van der Waals surface area contributed by atoms with Gasteiger partial charge in [0.25, 0.3) is 0 Å². The fourth-order valence-corrected chi connectivity index (χ4v) is 4.09. The average Bonchev–Trinajstić information content (AvgIpc) is 3.08. The van der Waals surface area contributed by atoms with Gasteiger partial charge in [-0.15, -0.1) is 0 Å². The van der Waals surface area contributed by atoms with Gasteiger partial charge in [0.1, 0.15) is 23.0 Å². The molecule has 0 radical (unpaired) electrons. The van der Waals surface area contributed by atoms with Crippen molar-refractivity contribution in [2.24, 2.45) is 0 Å². The van der Waals surface area contributed by atoms with Crippen LogP contribution in [-0.2, 0) is 19.2 Å². The van der Waals surface area contributed by atoms with E-state index in [4.69, 9.17) is 18.9 Å². The van der Waals surface area contributed by atoms with E-state index in [1.54, 1.807) is 55.5 Å². The van der Waals surface area contributed by atoms with E-state index >= 15 is 0 Å². The molecule has 0 aliphatic rings. The summed E-state index contributed by atoms with van der Waals surface area (Å²) in [6.45, 7) is 17.2. The standard InChI is InChI=1S/C40H30O8/c1-7-36(41)47-34-23-28(10-9-27-11-13-29(14-12-27)30-15-19-32(20-16-30)45-39(43)25(3)4)24-35(48-37(42)8-2)38(34)31-17-21-33(22-18-31)46-40(44)26(5)6/h7-8,11-24H,1-3,5H2,4,6H3. The molecule has 4 aromatic rings. The molecule has 238 valence electrons. The maximum absolute atomic E-state index is 12.3. The summed E-state index contributed by atoms with van der Waals surface area (Å²) in [5.41, 5.74) is 4.20. The number of esters is 4. The lowest BCUT2D eigenvalue weighted by Crippen LogP contribution is -2.09. The van der Waals surface area contributed by atoms with Gasteiger partial charge >= 0.3 is 23.9 Å². The van der Waals surface area contributed by atoms with Crippen LogP contribution < -0.4 is 18.9 Å². The summed E-state index contributed by atoms with van der Waals surface area (Å²) >= 11 is 0. The maximum Gasteiger partial charge on any atom is 0.338 e. The zero-order valence-corrected chi connectivity index (χ0v) is 26.3. The number of rotatable bonds is 10. The van der Waals surface area contributed by atoms with Gasteiger partial charge in [0.15, 0.2) is 0 Å². The first-order chi connectivity index (χ1) is 23.0. The molecule has 0 saturated heterocycles. The van der Waals surface area contributed by atoms with Gasteiger partial charge in [0.2, 0.25) is 0 Å². The van der Waals surface area contributed by atoms with E-state index in [2.05, 4.69) is 38.2 Å². The Morgan fingerprint density at radius 1 is 0.542 bits per heavy atom. The lowest BCUT2D eigenvalue weighted by Gasteiger charge is -2.15. The molecular formula is C40H30O8. The summed E-state index contributed by atoms with van der Waals surface area (Å²) in [5.74, 6) is 4.32. The van der Waals surface area contributed by atoms with Crippen molar-refractivity contribution >= 4 is 23.9 Å². The van der Waals surface area contributed by atoms with Gasteiger partial charge in [0.05, 0.1) is 5.56 Å². The number of benzene rings is 4. The molecule has 8 heteroatoms. The monoisotopic (exact) mass is 638 g/mol. The molecule has 0 bridgehead atoms. The van der Waals surface area contributed by atoms with E-state index in [1.165, 1.54) is 6.92 Å². The number of ether oxygens (including phenoxy) is 4. The van der Waals surface area contributed by atoms with Crippen molar-refractivity contribution < 1.29 is 38.1 Å². The van der Waals surface area contributed by atoms with Crippen LogP contribution in [0.3, 0.4) is 0 Å². The Labute approximate surface area is 278 Å². The lowest BCUT2D eigenvalue weighted by molar-refractivity contribution is -0.130. The minimum absolute atomic E-state index is 0.0537. The maximum atomic E-state index is 12.3. The predicted molar refractivity (Wildman–Crippen MR) is 182 cm³/mol. The molecule has 0 atom stereocenters. The van der Waals surface area contributed by atoms with Crippen LogP contribution in [0.5, 0.6) is 23.0 Å². The van der Waals surface area contributed by atoms with Gasteiger partial charge in [-0.25, -0.2) is 19.2 Å². The number of hydrogen-bond donors (Lipinski definition) is 0. The SMILES string of the molecule is C=CC(=O)Oc1cc(C#Cc2ccc(-c3ccc(OC(=O)C(=C)C)cc3)cc2)cc(OC(=O)C=C)c1-c1ccc(OC(=O)C(=C)C)cc1. The first kappa shape index (κ1) is 34.2. The summed E-state index contributed by atoms with van der Waals surface area (Å²) in [6.07, 6.45) is 2.00. The number of carbonyl (C=O) groups is 4. The molecule has 0 N–H and O–H groups in total. The van der Waals surface area contributed by atoms with Crippen LogP contribution in [-0.4, -0.2) is 23.9 Å². The zero-order chi connectivity index (χ0) is 34.8. The van der Waals surface area contributed by atoms with Crippen molar-refractivity contribution in [3.8, 4) is 57.1 Å². The van der Waals surface area contributed by atoms with Gasteiger partial charge < -0.3 is 18.9 Å². The summed E-state index contributed by atoms with van der Waals surface area (Å²) in [7, 11) is 0. The average molecular weight is 639 g/mol. The highest BCUT2D eigenvalue weighted by atomic mass is 16.6. The molecular weight excluding hydrogens is 608 g/mol. The fourth-order valence-electron chi connectivity index (χ4n) is 4.09. The molecule has 0 spiro atoms. The van der Waals surface area contributed by atoms with E-state index in [0.717, 1.165) is 23.3 Å². The fraction of sp³-hybridized carbons (Fsp3) is 0.0500. The zero-order valence-electron chi connectivity index (χ0n) is 26.3. The Balaban J connectivity index is 1.67. The molecule has 4 aromatic carbocycles. The molecule has 0 aromatic heterocycles. The van der Waals surface area contributed by atoms with Gasteiger partial charge in [-0.3, -0.25) is 0 Å². The first-order valence-corrected chi connectivity index (χ1v) is 14.4. The van der Waals surface area contributed by atoms with Crippen LogP contribution in [0.25, 0.3) is 22.3 Å². The van der Waals surface area contributed by atoms with Gasteiger partial charge in [-0.1, -0.05) is 74.6 Å². The van der Waals surface area contributed by atoms with Crippen LogP contribution in [0, 0.1) is 11.8 Å². The third-order valence-corrected chi connectivity index (χ3v) is 6.51. The van der Waals surface area contributed by atoms with Crippen molar-refractivity contribution in [1.82, 2.24) is 0 Å². The van der Waals surface area contributed by atoms with Crippen molar-refractivity contribution in [3.63, 3.8) is 0 Å². The third kappa shape index (κ3) is 8.93. The largest absolute Gasteiger partial charge is 0.423 e. The molecule has 0 aliphatic carbocycles. The Morgan fingerprint density at radius 2 is 0.917 bits per heavy atom. The van der Waals surface area contributed by atoms with Gasteiger partial charge in [-0.05, 0) is 79.1 Å². The highest BCUT2D eigenvalue weighted by Gasteiger charge is 2.19. The molecule has 8 nitrogen and oxygen atoms in total. The van der Waals surface area contributed by atoms with E-state index in [1.807, 2.05) is 36.4 Å². The molecule has 4 rings (SSSR count). The Kier molecular flexibility index (Phi) is 11.0. The van der Waals surface area contributed by atoms with Crippen LogP contribution in [0.4, 0.5) is 0 Å². The van der Waals surface area contributed by atoms with Gasteiger partial charge in [0, 0.05) is 34.4 Å². The van der Waals surface area contributed by atoms with Crippen LogP contribution >= 0.6 is 0 Å². The predicted octanol–water partition coefficient (Wildman–Crippen LogP) is 7.57. The summed E-state index contributed by atoms with van der Waals surface area (Å²) < 4.78 is 21.6. The van der Waals surface area contributed by atoms with E-state index in [9.17, 15) is 19.2 Å². The van der Waals surface area contributed by atoms with Crippen LogP contribution in [0.1, 0.15) is 25.0 Å². The first-order valence-electron chi connectivity index (χ1n) is 14.4. The Hall–Kier alpha value is -6.72.